The molecule has 2 unspecified atom stereocenters. The summed E-state index contributed by atoms with van der Waals surface area (Å²) in [6.45, 7) is 5.81. The summed E-state index contributed by atoms with van der Waals surface area (Å²) in [5.74, 6) is 2.73. The summed E-state index contributed by atoms with van der Waals surface area (Å²) in [5, 5.41) is 3.76. The van der Waals surface area contributed by atoms with Crippen LogP contribution in [0.4, 0.5) is 0 Å². The molecule has 1 N–H and O–H groups in total. The molecule has 1 heterocycles. The van der Waals surface area contributed by atoms with E-state index in [-0.39, 0.29) is 0 Å². The molecule has 0 aromatic heterocycles. The highest BCUT2D eigenvalue weighted by Gasteiger charge is 2.25. The quantitative estimate of drug-likeness (QED) is 0.859. The van der Waals surface area contributed by atoms with Gasteiger partial charge in [-0.15, -0.1) is 0 Å². The molecule has 110 valence electrons. The Balaban J connectivity index is 1.64. The minimum atomic E-state index is 0.356. The van der Waals surface area contributed by atoms with Gasteiger partial charge in [0.05, 0.1) is 0 Å². The predicted octanol–water partition coefficient (Wildman–Crippen LogP) is 3.69. The van der Waals surface area contributed by atoms with Crippen molar-refractivity contribution in [3.63, 3.8) is 0 Å². The first-order valence-electron chi connectivity index (χ1n) is 7.92. The first-order valence-corrected chi connectivity index (χ1v) is 7.92. The average Bonchev–Trinajstić information content (AvgIpc) is 3.30. The Bertz CT molecular complexity index is 456. The van der Waals surface area contributed by atoms with E-state index in [4.69, 9.17) is 9.47 Å². The van der Waals surface area contributed by atoms with Gasteiger partial charge in [0.25, 0.3) is 0 Å². The van der Waals surface area contributed by atoms with E-state index in [0.29, 0.717) is 25.3 Å². The minimum Gasteiger partial charge on any atom is -0.486 e. The van der Waals surface area contributed by atoms with Crippen LogP contribution in [-0.2, 0) is 0 Å². The van der Waals surface area contributed by atoms with Crippen LogP contribution in [0.15, 0.2) is 18.2 Å². The summed E-state index contributed by atoms with van der Waals surface area (Å²) in [7, 11) is 0. The molecule has 1 aromatic rings. The van der Waals surface area contributed by atoms with Crippen molar-refractivity contribution >= 4 is 0 Å². The Morgan fingerprint density at radius 3 is 2.65 bits per heavy atom. The highest BCUT2D eigenvalue weighted by atomic mass is 16.6. The monoisotopic (exact) mass is 275 g/mol. The fourth-order valence-corrected chi connectivity index (χ4v) is 2.89. The first kappa shape index (κ1) is 13.7. The van der Waals surface area contributed by atoms with Crippen LogP contribution in [-0.4, -0.2) is 19.3 Å². The smallest absolute Gasteiger partial charge is 0.161 e. The van der Waals surface area contributed by atoms with Crippen LogP contribution < -0.4 is 14.8 Å². The SMILES string of the molecule is CCC(CC1CC1)NC(C)c1ccc2c(c1)OCCO2. The number of hydrogen-bond acceptors (Lipinski definition) is 3. The highest BCUT2D eigenvalue weighted by molar-refractivity contribution is 5.44. The zero-order chi connectivity index (χ0) is 13.9. The molecule has 3 rings (SSSR count). The Kier molecular flexibility index (Phi) is 4.16. The fourth-order valence-electron chi connectivity index (χ4n) is 2.89. The van der Waals surface area contributed by atoms with E-state index in [0.717, 1.165) is 17.4 Å². The molecular formula is C17H25NO2. The van der Waals surface area contributed by atoms with Gasteiger partial charge in [-0.05, 0) is 43.4 Å². The van der Waals surface area contributed by atoms with Crippen LogP contribution in [0.25, 0.3) is 0 Å². The van der Waals surface area contributed by atoms with Crippen molar-refractivity contribution < 1.29 is 9.47 Å². The van der Waals surface area contributed by atoms with Gasteiger partial charge < -0.3 is 14.8 Å². The summed E-state index contributed by atoms with van der Waals surface area (Å²) in [5.41, 5.74) is 1.28. The molecule has 2 atom stereocenters. The average molecular weight is 275 g/mol. The number of rotatable bonds is 6. The molecule has 1 aliphatic carbocycles. The highest BCUT2D eigenvalue weighted by Crippen LogP contribution is 2.35. The Labute approximate surface area is 121 Å². The normalized spacial score (nSPS) is 20.5. The number of ether oxygens (including phenoxy) is 2. The minimum absolute atomic E-state index is 0.356. The van der Waals surface area contributed by atoms with Crippen molar-refractivity contribution in [3.8, 4) is 11.5 Å². The van der Waals surface area contributed by atoms with Gasteiger partial charge in [-0.3, -0.25) is 0 Å². The lowest BCUT2D eigenvalue weighted by Gasteiger charge is -2.24. The molecule has 1 fully saturated rings. The molecule has 1 saturated carbocycles. The third kappa shape index (κ3) is 3.26. The number of fused-ring (bicyclic) bond motifs is 1. The second-order valence-electron chi connectivity index (χ2n) is 6.08. The van der Waals surface area contributed by atoms with Crippen molar-refractivity contribution in [1.29, 1.82) is 0 Å². The van der Waals surface area contributed by atoms with Gasteiger partial charge in [0.1, 0.15) is 13.2 Å². The molecule has 3 nitrogen and oxygen atoms in total. The van der Waals surface area contributed by atoms with Crippen molar-refractivity contribution in [2.24, 2.45) is 5.92 Å². The van der Waals surface area contributed by atoms with Crippen LogP contribution >= 0.6 is 0 Å². The van der Waals surface area contributed by atoms with Crippen LogP contribution in [0.2, 0.25) is 0 Å². The molecule has 0 amide bonds. The van der Waals surface area contributed by atoms with E-state index in [1.54, 1.807) is 0 Å². The van der Waals surface area contributed by atoms with Crippen LogP contribution in [0.1, 0.15) is 51.1 Å². The van der Waals surface area contributed by atoms with Gasteiger partial charge in [-0.25, -0.2) is 0 Å². The molecule has 20 heavy (non-hydrogen) atoms. The Morgan fingerprint density at radius 1 is 1.20 bits per heavy atom. The van der Waals surface area contributed by atoms with Crippen LogP contribution in [0.5, 0.6) is 11.5 Å². The van der Waals surface area contributed by atoms with Gasteiger partial charge in [0.2, 0.25) is 0 Å². The van der Waals surface area contributed by atoms with Gasteiger partial charge >= 0.3 is 0 Å². The molecule has 1 aliphatic heterocycles. The number of hydrogen-bond donors (Lipinski definition) is 1. The third-order valence-electron chi connectivity index (χ3n) is 4.36. The van der Waals surface area contributed by atoms with Crippen molar-refractivity contribution in [2.45, 2.75) is 51.6 Å². The predicted molar refractivity (Wildman–Crippen MR) is 80.4 cm³/mol. The van der Waals surface area contributed by atoms with Crippen molar-refractivity contribution in [3.05, 3.63) is 23.8 Å². The maximum absolute atomic E-state index is 5.67. The molecule has 3 heteroatoms. The maximum Gasteiger partial charge on any atom is 0.161 e. The Morgan fingerprint density at radius 2 is 1.95 bits per heavy atom. The van der Waals surface area contributed by atoms with E-state index < -0.39 is 0 Å². The lowest BCUT2D eigenvalue weighted by atomic mass is 10.0. The lowest BCUT2D eigenvalue weighted by Crippen LogP contribution is -2.31. The topological polar surface area (TPSA) is 30.5 Å². The molecule has 0 bridgehead atoms. The lowest BCUT2D eigenvalue weighted by molar-refractivity contribution is 0.171. The number of nitrogens with one attached hydrogen (secondary N) is 1. The number of benzene rings is 1. The summed E-state index contributed by atoms with van der Waals surface area (Å²) in [6.07, 6.45) is 5.38. The fraction of sp³-hybridized carbons (Fsp3) is 0.647. The maximum atomic E-state index is 5.67. The summed E-state index contributed by atoms with van der Waals surface area (Å²) < 4.78 is 11.2. The first-order chi connectivity index (χ1) is 9.76. The van der Waals surface area contributed by atoms with Gasteiger partial charge in [-0.1, -0.05) is 25.8 Å². The Hall–Kier alpha value is -1.22. The molecule has 1 aromatic carbocycles. The van der Waals surface area contributed by atoms with Crippen molar-refractivity contribution in [2.75, 3.05) is 13.2 Å². The van der Waals surface area contributed by atoms with E-state index >= 15 is 0 Å². The summed E-state index contributed by atoms with van der Waals surface area (Å²) >= 11 is 0. The molecule has 0 radical (unpaired) electrons. The molecular weight excluding hydrogens is 250 g/mol. The summed E-state index contributed by atoms with van der Waals surface area (Å²) in [4.78, 5) is 0. The summed E-state index contributed by atoms with van der Waals surface area (Å²) in [6, 6.07) is 7.29. The zero-order valence-electron chi connectivity index (χ0n) is 12.5. The molecule has 2 aliphatic rings. The molecule has 0 saturated heterocycles. The van der Waals surface area contributed by atoms with Gasteiger partial charge in [0.15, 0.2) is 11.5 Å². The van der Waals surface area contributed by atoms with E-state index in [2.05, 4.69) is 31.3 Å². The van der Waals surface area contributed by atoms with Crippen molar-refractivity contribution in [1.82, 2.24) is 5.32 Å². The third-order valence-corrected chi connectivity index (χ3v) is 4.36. The van der Waals surface area contributed by atoms with Gasteiger partial charge in [0, 0.05) is 12.1 Å². The van der Waals surface area contributed by atoms with Gasteiger partial charge in [-0.2, -0.15) is 0 Å². The molecule has 0 spiro atoms. The van der Waals surface area contributed by atoms with E-state index in [9.17, 15) is 0 Å². The van der Waals surface area contributed by atoms with E-state index in [1.807, 2.05) is 6.07 Å². The van der Waals surface area contributed by atoms with E-state index in [1.165, 1.54) is 31.2 Å². The zero-order valence-corrected chi connectivity index (χ0v) is 12.5. The van der Waals surface area contributed by atoms with Crippen LogP contribution in [0.3, 0.4) is 0 Å². The van der Waals surface area contributed by atoms with Crippen LogP contribution in [0, 0.1) is 5.92 Å². The second-order valence-corrected chi connectivity index (χ2v) is 6.08. The second kappa shape index (κ2) is 6.04. The standard InChI is InChI=1S/C17H25NO2/c1-3-15(10-13-4-5-13)18-12(2)14-6-7-16-17(11-14)20-9-8-19-16/h6-7,11-13,15,18H,3-5,8-10H2,1-2H3. The largest absolute Gasteiger partial charge is 0.486 e.